The van der Waals surface area contributed by atoms with E-state index < -0.39 is 0 Å². The van der Waals surface area contributed by atoms with Crippen molar-refractivity contribution in [2.24, 2.45) is 0 Å². The number of anilines is 2. The molecule has 0 saturated carbocycles. The van der Waals surface area contributed by atoms with E-state index in [9.17, 15) is 9.59 Å². The Labute approximate surface area is 189 Å². The Morgan fingerprint density at radius 1 is 0.906 bits per heavy atom. The van der Waals surface area contributed by atoms with Crippen molar-refractivity contribution in [3.8, 4) is 0 Å². The monoisotopic (exact) mass is 427 g/mol. The van der Waals surface area contributed by atoms with Crippen LogP contribution in [0.4, 0.5) is 16.2 Å². The van der Waals surface area contributed by atoms with Crippen LogP contribution in [-0.4, -0.2) is 25.0 Å². The molecule has 3 aromatic rings. The molecular weight excluding hydrogens is 398 g/mol. The predicted octanol–water partition coefficient (Wildman–Crippen LogP) is 5.59. The number of para-hydroxylation sites is 1. The summed E-state index contributed by atoms with van der Waals surface area (Å²) in [6.07, 6.45) is 3.04. The number of benzene rings is 3. The van der Waals surface area contributed by atoms with Gasteiger partial charge in [-0.05, 0) is 66.6 Å². The largest absolute Gasteiger partial charge is 0.351 e. The second-order valence-corrected chi connectivity index (χ2v) is 8.27. The van der Waals surface area contributed by atoms with E-state index in [1.807, 2.05) is 41.3 Å². The van der Waals surface area contributed by atoms with E-state index >= 15 is 0 Å². The molecule has 1 atom stereocenters. The van der Waals surface area contributed by atoms with Crippen molar-refractivity contribution >= 4 is 23.3 Å². The average molecular weight is 428 g/mol. The molecule has 0 bridgehead atoms. The minimum absolute atomic E-state index is 0.118. The summed E-state index contributed by atoms with van der Waals surface area (Å²) in [6, 6.07) is 25.1. The van der Waals surface area contributed by atoms with Gasteiger partial charge in [-0.3, -0.25) is 9.69 Å². The van der Waals surface area contributed by atoms with E-state index in [4.69, 9.17) is 0 Å². The minimum atomic E-state index is -0.145. The van der Waals surface area contributed by atoms with Gasteiger partial charge in [0.25, 0.3) is 5.91 Å². The predicted molar refractivity (Wildman–Crippen MR) is 129 cm³/mol. The van der Waals surface area contributed by atoms with Crippen LogP contribution in [0.15, 0.2) is 78.9 Å². The SMILES string of the molecule is C[C@H](CNC(=O)c1ccc(NC(=O)N2CCCCc3ccccc32)cc1)c1ccccc1. The number of carbonyl (C=O) groups is 2. The van der Waals surface area contributed by atoms with Crippen LogP contribution >= 0.6 is 0 Å². The van der Waals surface area contributed by atoms with Gasteiger partial charge in [-0.2, -0.15) is 0 Å². The molecule has 1 aliphatic heterocycles. The summed E-state index contributed by atoms with van der Waals surface area (Å²) in [4.78, 5) is 27.3. The number of urea groups is 1. The normalized spacial score (nSPS) is 14.1. The van der Waals surface area contributed by atoms with E-state index in [0.717, 1.165) is 24.9 Å². The van der Waals surface area contributed by atoms with Crippen LogP contribution in [0.3, 0.4) is 0 Å². The first kappa shape index (κ1) is 21.6. The maximum absolute atomic E-state index is 12.9. The Balaban J connectivity index is 1.35. The second kappa shape index (κ2) is 10.1. The second-order valence-electron chi connectivity index (χ2n) is 8.27. The molecule has 0 radical (unpaired) electrons. The number of rotatable bonds is 5. The first-order valence-corrected chi connectivity index (χ1v) is 11.2. The summed E-state index contributed by atoms with van der Waals surface area (Å²) in [5, 5.41) is 5.97. The Kier molecular flexibility index (Phi) is 6.85. The maximum atomic E-state index is 12.9. The lowest BCUT2D eigenvalue weighted by Gasteiger charge is -2.23. The molecule has 3 aromatic carbocycles. The van der Waals surface area contributed by atoms with Gasteiger partial charge in [-0.1, -0.05) is 55.5 Å². The third kappa shape index (κ3) is 5.17. The summed E-state index contributed by atoms with van der Waals surface area (Å²) in [5.41, 5.74) is 4.62. The Morgan fingerprint density at radius 3 is 2.41 bits per heavy atom. The lowest BCUT2D eigenvalue weighted by molar-refractivity contribution is 0.0951. The third-order valence-corrected chi connectivity index (χ3v) is 5.94. The van der Waals surface area contributed by atoms with Gasteiger partial charge < -0.3 is 10.6 Å². The summed E-state index contributed by atoms with van der Waals surface area (Å²) in [6.45, 7) is 3.36. The van der Waals surface area contributed by atoms with Crippen molar-refractivity contribution in [2.75, 3.05) is 23.3 Å². The van der Waals surface area contributed by atoms with Crippen LogP contribution in [0, 0.1) is 0 Å². The van der Waals surface area contributed by atoms with E-state index in [1.54, 1.807) is 24.3 Å². The fraction of sp³-hybridized carbons (Fsp3) is 0.259. The van der Waals surface area contributed by atoms with Crippen molar-refractivity contribution in [1.29, 1.82) is 0 Å². The molecule has 164 valence electrons. The number of fused-ring (bicyclic) bond motifs is 1. The van der Waals surface area contributed by atoms with Crippen molar-refractivity contribution in [3.63, 3.8) is 0 Å². The van der Waals surface area contributed by atoms with Crippen LogP contribution in [0.2, 0.25) is 0 Å². The molecule has 0 saturated heterocycles. The molecule has 1 heterocycles. The first-order valence-electron chi connectivity index (χ1n) is 11.2. The number of nitrogens with zero attached hydrogens (tertiary/aromatic N) is 1. The van der Waals surface area contributed by atoms with E-state index in [0.29, 0.717) is 24.3 Å². The zero-order valence-corrected chi connectivity index (χ0v) is 18.4. The highest BCUT2D eigenvalue weighted by molar-refractivity contribution is 6.02. The molecule has 0 aliphatic carbocycles. The maximum Gasteiger partial charge on any atom is 0.326 e. The van der Waals surface area contributed by atoms with Crippen molar-refractivity contribution in [2.45, 2.75) is 32.1 Å². The van der Waals surface area contributed by atoms with Crippen LogP contribution in [-0.2, 0) is 6.42 Å². The third-order valence-electron chi connectivity index (χ3n) is 5.94. The van der Waals surface area contributed by atoms with Gasteiger partial charge >= 0.3 is 6.03 Å². The van der Waals surface area contributed by atoms with Crippen LogP contribution < -0.4 is 15.5 Å². The Bertz CT molecular complexity index is 1060. The molecule has 5 nitrogen and oxygen atoms in total. The zero-order chi connectivity index (χ0) is 22.3. The van der Waals surface area contributed by atoms with Gasteiger partial charge in [-0.15, -0.1) is 0 Å². The van der Waals surface area contributed by atoms with Crippen molar-refractivity contribution in [3.05, 3.63) is 95.6 Å². The highest BCUT2D eigenvalue weighted by Gasteiger charge is 2.21. The van der Waals surface area contributed by atoms with Gasteiger partial charge in [0.05, 0.1) is 0 Å². The molecule has 1 aliphatic rings. The summed E-state index contributed by atoms with van der Waals surface area (Å²) < 4.78 is 0. The molecule has 2 N–H and O–H groups in total. The van der Waals surface area contributed by atoms with E-state index in [-0.39, 0.29) is 17.9 Å². The Morgan fingerprint density at radius 2 is 1.62 bits per heavy atom. The molecule has 0 aromatic heterocycles. The minimum Gasteiger partial charge on any atom is -0.351 e. The average Bonchev–Trinajstić information content (AvgIpc) is 3.06. The van der Waals surface area contributed by atoms with E-state index in [2.05, 4.69) is 35.8 Å². The van der Waals surface area contributed by atoms with Crippen LogP contribution in [0.5, 0.6) is 0 Å². The fourth-order valence-corrected chi connectivity index (χ4v) is 4.05. The highest BCUT2D eigenvalue weighted by atomic mass is 16.2. The Hall–Kier alpha value is -3.60. The number of hydrogen-bond donors (Lipinski definition) is 2. The molecule has 0 spiro atoms. The summed E-state index contributed by atoms with van der Waals surface area (Å²) in [7, 11) is 0. The molecule has 32 heavy (non-hydrogen) atoms. The highest BCUT2D eigenvalue weighted by Crippen LogP contribution is 2.26. The zero-order valence-electron chi connectivity index (χ0n) is 18.4. The summed E-state index contributed by atoms with van der Waals surface area (Å²) >= 11 is 0. The fourth-order valence-electron chi connectivity index (χ4n) is 4.05. The molecule has 0 unspecified atom stereocenters. The van der Waals surface area contributed by atoms with Crippen molar-refractivity contribution < 1.29 is 9.59 Å². The number of carbonyl (C=O) groups excluding carboxylic acids is 2. The van der Waals surface area contributed by atoms with Crippen LogP contribution in [0.1, 0.15) is 47.2 Å². The summed E-state index contributed by atoms with van der Waals surface area (Å²) in [5.74, 6) is 0.113. The quantitative estimate of drug-likeness (QED) is 0.557. The number of amides is 3. The number of nitrogens with one attached hydrogen (secondary N) is 2. The smallest absolute Gasteiger partial charge is 0.326 e. The molecule has 3 amide bonds. The van der Waals surface area contributed by atoms with E-state index in [1.165, 1.54) is 11.1 Å². The number of aryl methyl sites for hydroxylation is 1. The van der Waals surface area contributed by atoms with Gasteiger partial charge in [-0.25, -0.2) is 4.79 Å². The lowest BCUT2D eigenvalue weighted by atomic mass is 10.0. The van der Waals surface area contributed by atoms with Gasteiger partial charge in [0.15, 0.2) is 0 Å². The van der Waals surface area contributed by atoms with Gasteiger partial charge in [0.2, 0.25) is 0 Å². The van der Waals surface area contributed by atoms with Crippen molar-refractivity contribution in [1.82, 2.24) is 5.32 Å². The lowest BCUT2D eigenvalue weighted by Crippen LogP contribution is -2.35. The van der Waals surface area contributed by atoms with Gasteiger partial charge in [0.1, 0.15) is 0 Å². The molecular formula is C27H29N3O2. The molecule has 4 rings (SSSR count). The first-order chi connectivity index (χ1) is 15.6. The molecule has 0 fully saturated rings. The van der Waals surface area contributed by atoms with Gasteiger partial charge in [0, 0.05) is 30.0 Å². The topological polar surface area (TPSA) is 61.4 Å². The molecule has 5 heteroatoms. The standard InChI is InChI=1S/C27H29N3O2/c1-20(21-9-3-2-4-10-21)19-28-26(31)23-14-16-24(17-15-23)29-27(32)30-18-8-7-12-22-11-5-6-13-25(22)30/h2-6,9-11,13-17,20H,7-8,12,18-19H2,1H3,(H,28,31)(H,29,32)/t20-/m1/s1. The van der Waals surface area contributed by atoms with Crippen LogP contribution in [0.25, 0.3) is 0 Å². The number of hydrogen-bond acceptors (Lipinski definition) is 2.